The van der Waals surface area contributed by atoms with Crippen molar-refractivity contribution in [1.82, 2.24) is 10.3 Å². The van der Waals surface area contributed by atoms with Gasteiger partial charge in [-0.25, -0.2) is 0 Å². The van der Waals surface area contributed by atoms with Crippen LogP contribution in [0.1, 0.15) is 39.3 Å². The van der Waals surface area contributed by atoms with E-state index in [1.807, 2.05) is 6.08 Å². The first-order valence-corrected chi connectivity index (χ1v) is 5.94. The van der Waals surface area contributed by atoms with E-state index in [1.54, 1.807) is 6.26 Å². The predicted molar refractivity (Wildman–Crippen MR) is 68.0 cm³/mol. The third-order valence-corrected chi connectivity index (χ3v) is 2.11. The number of hydrogen-bond acceptors (Lipinski definition) is 4. The Bertz CT molecular complexity index is 339. The van der Waals surface area contributed by atoms with E-state index in [0.29, 0.717) is 19.2 Å². The Morgan fingerprint density at radius 3 is 2.94 bits per heavy atom. The van der Waals surface area contributed by atoms with E-state index in [0.717, 1.165) is 18.5 Å². The Morgan fingerprint density at radius 1 is 1.53 bits per heavy atom. The van der Waals surface area contributed by atoms with Crippen LogP contribution in [0.15, 0.2) is 23.3 Å². The van der Waals surface area contributed by atoms with Gasteiger partial charge in [0.1, 0.15) is 6.26 Å². The van der Waals surface area contributed by atoms with Crippen molar-refractivity contribution in [3.63, 3.8) is 0 Å². The van der Waals surface area contributed by atoms with Gasteiger partial charge >= 0.3 is 6.08 Å². The highest BCUT2D eigenvalue weighted by molar-refractivity contribution is 5.00. The number of nitrogens with zero attached hydrogens (tertiary/aromatic N) is 1. The summed E-state index contributed by atoms with van der Waals surface area (Å²) < 4.78 is 10.6. The zero-order chi connectivity index (χ0) is 12.7. The lowest BCUT2D eigenvalue weighted by Crippen LogP contribution is -2.35. The molecular weight excluding hydrogens is 216 g/mol. The molecule has 0 aliphatic rings. The number of unbranched alkanes of at least 4 members (excludes halogenated alkanes) is 1. The first-order valence-electron chi connectivity index (χ1n) is 5.94. The first-order chi connectivity index (χ1) is 8.01. The van der Waals surface area contributed by atoms with E-state index in [1.165, 1.54) is 0 Å². The second-order valence-corrected chi connectivity index (χ2v) is 4.99. The summed E-state index contributed by atoms with van der Waals surface area (Å²) in [5.41, 5.74) is 0.933. The Kier molecular flexibility index (Phi) is 5.22. The summed E-state index contributed by atoms with van der Waals surface area (Å²) >= 11 is 0. The molecule has 1 aromatic heterocycles. The maximum absolute atomic E-state index is 5.37. The molecular formula is C13H22N2O2. The number of aromatic nitrogens is 1. The smallest absolute Gasteiger partial charge is 0.393 e. The maximum Gasteiger partial charge on any atom is 0.393 e. The molecule has 1 heterocycles. The zero-order valence-corrected chi connectivity index (χ0v) is 11.0. The van der Waals surface area contributed by atoms with Crippen LogP contribution in [-0.2, 0) is 6.54 Å². The third-order valence-electron chi connectivity index (χ3n) is 2.11. The average Bonchev–Trinajstić information content (AvgIpc) is 2.69. The Balaban J connectivity index is 2.30. The van der Waals surface area contributed by atoms with Gasteiger partial charge in [-0.05, 0) is 33.6 Å². The van der Waals surface area contributed by atoms with Crippen molar-refractivity contribution in [2.24, 2.45) is 0 Å². The molecule has 4 nitrogen and oxygen atoms in total. The molecule has 0 aliphatic carbocycles. The molecule has 96 valence electrons. The van der Waals surface area contributed by atoms with Crippen molar-refractivity contribution in [2.45, 2.75) is 45.7 Å². The van der Waals surface area contributed by atoms with E-state index in [9.17, 15) is 0 Å². The molecule has 1 aromatic rings. The van der Waals surface area contributed by atoms with E-state index in [2.05, 4.69) is 37.7 Å². The van der Waals surface area contributed by atoms with Gasteiger partial charge in [0.05, 0.1) is 12.3 Å². The van der Waals surface area contributed by atoms with Crippen LogP contribution in [0.5, 0.6) is 6.08 Å². The van der Waals surface area contributed by atoms with Crippen molar-refractivity contribution in [3.05, 3.63) is 24.6 Å². The van der Waals surface area contributed by atoms with Crippen molar-refractivity contribution >= 4 is 0 Å². The lowest BCUT2D eigenvalue weighted by atomic mass is 10.1. The van der Waals surface area contributed by atoms with Crippen LogP contribution in [0.4, 0.5) is 0 Å². The second-order valence-electron chi connectivity index (χ2n) is 4.99. The molecule has 1 N–H and O–H groups in total. The van der Waals surface area contributed by atoms with E-state index < -0.39 is 0 Å². The van der Waals surface area contributed by atoms with Crippen molar-refractivity contribution in [2.75, 3.05) is 6.61 Å². The SMILES string of the molecule is C=CCCCOc1nc(CNC(C)(C)C)co1. The normalized spacial score (nSPS) is 11.5. The largest absolute Gasteiger partial charge is 0.450 e. The molecule has 0 bridgehead atoms. The Hall–Kier alpha value is -1.29. The summed E-state index contributed by atoms with van der Waals surface area (Å²) in [6.45, 7) is 11.3. The van der Waals surface area contributed by atoms with Gasteiger partial charge in [-0.2, -0.15) is 4.98 Å². The molecule has 4 heteroatoms. The molecule has 0 saturated carbocycles. The van der Waals surface area contributed by atoms with Crippen LogP contribution >= 0.6 is 0 Å². The van der Waals surface area contributed by atoms with Gasteiger partial charge in [-0.1, -0.05) is 6.08 Å². The lowest BCUT2D eigenvalue weighted by Gasteiger charge is -2.19. The summed E-state index contributed by atoms with van der Waals surface area (Å²) in [6.07, 6.45) is 5.72. The summed E-state index contributed by atoms with van der Waals surface area (Å²) in [6, 6.07) is 0. The minimum Gasteiger partial charge on any atom is -0.450 e. The summed E-state index contributed by atoms with van der Waals surface area (Å²) in [5.74, 6) is 0. The fraction of sp³-hybridized carbons (Fsp3) is 0.615. The van der Waals surface area contributed by atoms with Crippen molar-refractivity contribution in [1.29, 1.82) is 0 Å². The maximum atomic E-state index is 5.37. The number of oxazole rings is 1. The van der Waals surface area contributed by atoms with Gasteiger partial charge in [0.25, 0.3) is 0 Å². The molecule has 0 atom stereocenters. The molecule has 0 saturated heterocycles. The zero-order valence-electron chi connectivity index (χ0n) is 11.0. The molecule has 0 aliphatic heterocycles. The molecule has 0 spiro atoms. The summed E-state index contributed by atoms with van der Waals surface area (Å²) in [7, 11) is 0. The standard InChI is InChI=1S/C13H22N2O2/c1-5-6-7-8-16-12-15-11(10-17-12)9-14-13(2,3)4/h5,10,14H,1,6-9H2,2-4H3. The fourth-order valence-electron chi connectivity index (χ4n) is 1.18. The van der Waals surface area contributed by atoms with Gasteiger partial charge < -0.3 is 14.5 Å². The molecule has 1 rings (SSSR count). The average molecular weight is 238 g/mol. The van der Waals surface area contributed by atoms with Crippen LogP contribution in [0.2, 0.25) is 0 Å². The summed E-state index contributed by atoms with van der Waals surface area (Å²) in [5, 5.41) is 3.34. The van der Waals surface area contributed by atoms with Gasteiger partial charge in [-0.3, -0.25) is 0 Å². The van der Waals surface area contributed by atoms with Crippen LogP contribution in [0.3, 0.4) is 0 Å². The molecule has 0 fully saturated rings. The van der Waals surface area contributed by atoms with Gasteiger partial charge in [-0.15, -0.1) is 6.58 Å². The molecule has 0 amide bonds. The van der Waals surface area contributed by atoms with Crippen LogP contribution in [0, 0.1) is 0 Å². The Labute approximate surface area is 103 Å². The highest BCUT2D eigenvalue weighted by atomic mass is 16.6. The number of allylic oxidation sites excluding steroid dienone is 1. The van der Waals surface area contributed by atoms with E-state index in [4.69, 9.17) is 9.15 Å². The van der Waals surface area contributed by atoms with Gasteiger partial charge in [0.2, 0.25) is 0 Å². The highest BCUT2D eigenvalue weighted by Gasteiger charge is 2.11. The Morgan fingerprint density at radius 2 is 2.29 bits per heavy atom. The minimum atomic E-state index is 0.0733. The van der Waals surface area contributed by atoms with E-state index >= 15 is 0 Å². The quantitative estimate of drug-likeness (QED) is 0.586. The second kappa shape index (κ2) is 6.45. The molecule has 17 heavy (non-hydrogen) atoms. The number of ether oxygens (including phenoxy) is 1. The molecule has 0 unspecified atom stereocenters. The first kappa shape index (κ1) is 13.8. The number of hydrogen-bond donors (Lipinski definition) is 1. The monoisotopic (exact) mass is 238 g/mol. The lowest BCUT2D eigenvalue weighted by molar-refractivity contribution is 0.227. The van der Waals surface area contributed by atoms with Crippen molar-refractivity contribution < 1.29 is 9.15 Å². The van der Waals surface area contributed by atoms with Crippen LogP contribution in [0.25, 0.3) is 0 Å². The molecule has 0 radical (unpaired) electrons. The molecule has 0 aromatic carbocycles. The third kappa shape index (κ3) is 6.12. The fourth-order valence-corrected chi connectivity index (χ4v) is 1.18. The number of nitrogens with one attached hydrogen (secondary N) is 1. The van der Waals surface area contributed by atoms with Crippen molar-refractivity contribution in [3.8, 4) is 6.08 Å². The number of rotatable bonds is 7. The highest BCUT2D eigenvalue weighted by Crippen LogP contribution is 2.11. The van der Waals surface area contributed by atoms with Crippen LogP contribution < -0.4 is 10.1 Å². The predicted octanol–water partition coefficient (Wildman–Crippen LogP) is 2.91. The van der Waals surface area contributed by atoms with E-state index in [-0.39, 0.29) is 5.54 Å². The van der Waals surface area contributed by atoms with Crippen LogP contribution in [-0.4, -0.2) is 17.1 Å². The van der Waals surface area contributed by atoms with Gasteiger partial charge in [0.15, 0.2) is 0 Å². The minimum absolute atomic E-state index is 0.0733. The summed E-state index contributed by atoms with van der Waals surface area (Å²) in [4.78, 5) is 4.23. The van der Waals surface area contributed by atoms with Gasteiger partial charge in [0, 0.05) is 12.1 Å². The topological polar surface area (TPSA) is 47.3 Å².